The molecule has 3 aliphatic carbocycles. The Morgan fingerprint density at radius 2 is 1.84 bits per heavy atom. The molecule has 0 amide bonds. The van der Waals surface area contributed by atoms with Crippen LogP contribution in [0.2, 0.25) is 0 Å². The summed E-state index contributed by atoms with van der Waals surface area (Å²) in [5, 5.41) is 0. The van der Waals surface area contributed by atoms with E-state index in [9.17, 15) is 0 Å². The zero-order valence-electron chi connectivity index (χ0n) is 17.5. The zero-order valence-corrected chi connectivity index (χ0v) is 17.5. The van der Waals surface area contributed by atoms with Crippen molar-refractivity contribution in [3.8, 4) is 0 Å². The highest BCUT2D eigenvalue weighted by molar-refractivity contribution is 5.04. The van der Waals surface area contributed by atoms with E-state index in [1.807, 2.05) is 0 Å². The van der Waals surface area contributed by atoms with E-state index >= 15 is 0 Å². The van der Waals surface area contributed by atoms with Crippen molar-refractivity contribution in [2.45, 2.75) is 92.1 Å². The number of hydrogen-bond acceptors (Lipinski definition) is 2. The van der Waals surface area contributed by atoms with Crippen LogP contribution in [-0.4, -0.2) is 25.9 Å². The van der Waals surface area contributed by atoms with Gasteiger partial charge in [0.05, 0.1) is 6.10 Å². The lowest BCUT2D eigenvalue weighted by molar-refractivity contribution is -0.0275. The van der Waals surface area contributed by atoms with Crippen LogP contribution < -0.4 is 0 Å². The lowest BCUT2D eigenvalue weighted by Gasteiger charge is -2.39. The summed E-state index contributed by atoms with van der Waals surface area (Å²) in [6.45, 7) is 14.8. The number of ether oxygens (including phenoxy) is 2. The molecule has 3 fully saturated rings. The first-order chi connectivity index (χ1) is 11.8. The van der Waals surface area contributed by atoms with Gasteiger partial charge in [0.25, 0.3) is 0 Å². The van der Waals surface area contributed by atoms with Crippen LogP contribution in [0.4, 0.5) is 0 Å². The molecule has 0 aromatic heterocycles. The third-order valence-electron chi connectivity index (χ3n) is 7.86. The number of fused-ring (bicyclic) bond motifs is 2. The quantitative estimate of drug-likeness (QED) is 0.493. The van der Waals surface area contributed by atoms with E-state index in [0.29, 0.717) is 16.9 Å². The number of rotatable bonds is 8. The van der Waals surface area contributed by atoms with E-state index < -0.39 is 0 Å². The smallest absolute Gasteiger partial charge is 0.0582 e. The molecule has 0 aromatic rings. The molecule has 2 heteroatoms. The summed E-state index contributed by atoms with van der Waals surface area (Å²) >= 11 is 0. The molecule has 2 bridgehead atoms. The van der Waals surface area contributed by atoms with E-state index in [4.69, 9.17) is 9.47 Å². The van der Waals surface area contributed by atoms with Crippen molar-refractivity contribution >= 4 is 0 Å². The molecule has 146 valence electrons. The fraction of sp³-hybridized carbons (Fsp3) is 1.00. The maximum atomic E-state index is 6.35. The predicted molar refractivity (Wildman–Crippen MR) is 105 cm³/mol. The molecule has 25 heavy (non-hydrogen) atoms. The van der Waals surface area contributed by atoms with Crippen molar-refractivity contribution in [1.29, 1.82) is 0 Å². The first-order valence-corrected chi connectivity index (χ1v) is 11.0. The lowest BCUT2D eigenvalue weighted by Crippen LogP contribution is -2.33. The summed E-state index contributed by atoms with van der Waals surface area (Å²) in [5.74, 6) is 3.48. The van der Waals surface area contributed by atoms with Gasteiger partial charge in [0.1, 0.15) is 0 Å². The van der Waals surface area contributed by atoms with Gasteiger partial charge in [-0.05, 0) is 92.8 Å². The Kier molecular flexibility index (Phi) is 6.21. The summed E-state index contributed by atoms with van der Waals surface area (Å²) in [6.07, 6.45) is 11.3. The standard InChI is InChI=1S/C23H42O2/c1-6-24-16-18-13-19-8-9-21(18)23(19,5)10-7-11-25-20-12-17(2)14-22(3,4)15-20/h17-21H,6-16H2,1-5H3. The molecule has 0 heterocycles. The van der Waals surface area contributed by atoms with Crippen molar-refractivity contribution < 1.29 is 9.47 Å². The highest BCUT2D eigenvalue weighted by Gasteiger charge is 2.55. The van der Waals surface area contributed by atoms with Crippen LogP contribution in [0.15, 0.2) is 0 Å². The topological polar surface area (TPSA) is 18.5 Å². The van der Waals surface area contributed by atoms with Crippen LogP contribution >= 0.6 is 0 Å². The van der Waals surface area contributed by atoms with Crippen molar-refractivity contribution in [2.75, 3.05) is 19.8 Å². The Morgan fingerprint density at radius 1 is 1.04 bits per heavy atom. The van der Waals surface area contributed by atoms with Crippen LogP contribution in [0.3, 0.4) is 0 Å². The van der Waals surface area contributed by atoms with Gasteiger partial charge in [-0.25, -0.2) is 0 Å². The molecule has 3 aliphatic rings. The Labute approximate surface area is 156 Å². The molecule has 0 saturated heterocycles. The van der Waals surface area contributed by atoms with Gasteiger partial charge in [-0.2, -0.15) is 0 Å². The fourth-order valence-corrected chi connectivity index (χ4v) is 6.97. The third-order valence-corrected chi connectivity index (χ3v) is 7.86. The average molecular weight is 351 g/mol. The van der Waals surface area contributed by atoms with Crippen LogP contribution in [-0.2, 0) is 9.47 Å². The normalized spacial score (nSPS) is 42.8. The van der Waals surface area contributed by atoms with Crippen molar-refractivity contribution in [3.63, 3.8) is 0 Å². The Hall–Kier alpha value is -0.0800. The van der Waals surface area contributed by atoms with Gasteiger partial charge >= 0.3 is 0 Å². The summed E-state index contributed by atoms with van der Waals surface area (Å²) < 4.78 is 12.1. The SMILES string of the molecule is CCOCC1CC2CCC1C2(C)CCCOC1CC(C)CC(C)(C)C1. The van der Waals surface area contributed by atoms with E-state index in [0.717, 1.165) is 43.5 Å². The second-order valence-corrected chi connectivity index (χ2v) is 10.6. The van der Waals surface area contributed by atoms with Gasteiger partial charge in [0.2, 0.25) is 0 Å². The maximum Gasteiger partial charge on any atom is 0.0582 e. The molecular weight excluding hydrogens is 308 g/mol. The second kappa shape index (κ2) is 7.89. The summed E-state index contributed by atoms with van der Waals surface area (Å²) in [6, 6.07) is 0. The minimum absolute atomic E-state index is 0.464. The van der Waals surface area contributed by atoms with Crippen LogP contribution in [0.1, 0.15) is 86.0 Å². The monoisotopic (exact) mass is 350 g/mol. The van der Waals surface area contributed by atoms with E-state index in [2.05, 4.69) is 34.6 Å². The lowest BCUT2D eigenvalue weighted by atomic mass is 9.71. The van der Waals surface area contributed by atoms with E-state index in [-0.39, 0.29) is 0 Å². The van der Waals surface area contributed by atoms with Gasteiger partial charge in [-0.3, -0.25) is 0 Å². The van der Waals surface area contributed by atoms with E-state index in [1.54, 1.807) is 0 Å². The first-order valence-electron chi connectivity index (χ1n) is 11.0. The van der Waals surface area contributed by atoms with Crippen molar-refractivity contribution in [3.05, 3.63) is 0 Å². The van der Waals surface area contributed by atoms with Gasteiger partial charge in [0, 0.05) is 19.8 Å². The Balaban J connectivity index is 1.43. The molecule has 0 aliphatic heterocycles. The van der Waals surface area contributed by atoms with Gasteiger partial charge < -0.3 is 9.47 Å². The van der Waals surface area contributed by atoms with Crippen molar-refractivity contribution in [2.24, 2.45) is 34.5 Å². The van der Waals surface area contributed by atoms with Crippen molar-refractivity contribution in [1.82, 2.24) is 0 Å². The summed E-state index contributed by atoms with van der Waals surface area (Å²) in [4.78, 5) is 0. The molecule has 6 unspecified atom stereocenters. The Bertz CT molecular complexity index is 432. The second-order valence-electron chi connectivity index (χ2n) is 10.6. The highest BCUT2D eigenvalue weighted by Crippen LogP contribution is 2.62. The fourth-order valence-electron chi connectivity index (χ4n) is 6.97. The zero-order chi connectivity index (χ0) is 18.1. The molecule has 3 saturated carbocycles. The first kappa shape index (κ1) is 19.7. The molecule has 0 radical (unpaired) electrons. The maximum absolute atomic E-state index is 6.35. The average Bonchev–Trinajstić information content (AvgIpc) is 2.98. The van der Waals surface area contributed by atoms with Gasteiger partial charge in [-0.15, -0.1) is 0 Å². The van der Waals surface area contributed by atoms with Gasteiger partial charge in [0.15, 0.2) is 0 Å². The third kappa shape index (κ3) is 4.43. The molecule has 0 spiro atoms. The summed E-state index contributed by atoms with van der Waals surface area (Å²) in [7, 11) is 0. The van der Waals surface area contributed by atoms with E-state index in [1.165, 1.54) is 51.4 Å². The largest absolute Gasteiger partial charge is 0.381 e. The molecule has 6 atom stereocenters. The predicted octanol–water partition coefficient (Wildman–Crippen LogP) is 6.09. The summed E-state index contributed by atoms with van der Waals surface area (Å²) in [5.41, 5.74) is 1.02. The molecule has 3 rings (SSSR count). The minimum atomic E-state index is 0.464. The van der Waals surface area contributed by atoms with Crippen LogP contribution in [0.25, 0.3) is 0 Å². The van der Waals surface area contributed by atoms with Crippen LogP contribution in [0, 0.1) is 34.5 Å². The minimum Gasteiger partial charge on any atom is -0.381 e. The Morgan fingerprint density at radius 3 is 2.56 bits per heavy atom. The molecule has 2 nitrogen and oxygen atoms in total. The molecular formula is C23H42O2. The van der Waals surface area contributed by atoms with Crippen LogP contribution in [0.5, 0.6) is 0 Å². The van der Waals surface area contributed by atoms with Gasteiger partial charge in [-0.1, -0.05) is 27.7 Å². The molecule has 0 aromatic carbocycles. The number of hydrogen-bond donors (Lipinski definition) is 0. The highest BCUT2D eigenvalue weighted by atomic mass is 16.5. The molecule has 0 N–H and O–H groups in total.